The highest BCUT2D eigenvalue weighted by molar-refractivity contribution is 5.90. The number of carbonyl (C=O) groups excluding carboxylic acids is 1. The Morgan fingerprint density at radius 1 is 1.37 bits per heavy atom. The number of hydrogen-bond acceptors (Lipinski definition) is 4. The molecule has 0 unspecified atom stereocenters. The van der Waals surface area contributed by atoms with E-state index in [2.05, 4.69) is 5.32 Å². The summed E-state index contributed by atoms with van der Waals surface area (Å²) in [5.74, 6) is -1.18. The van der Waals surface area contributed by atoms with E-state index in [1.54, 1.807) is 0 Å². The van der Waals surface area contributed by atoms with E-state index in [4.69, 9.17) is 5.73 Å². The average Bonchev–Trinajstić information content (AvgIpc) is 2.36. The minimum absolute atomic E-state index is 0.219. The van der Waals surface area contributed by atoms with Gasteiger partial charge in [-0.05, 0) is 31.5 Å². The van der Waals surface area contributed by atoms with Crippen LogP contribution in [0, 0.1) is 15.9 Å². The molecule has 0 atom stereocenters. The van der Waals surface area contributed by atoms with Crippen molar-refractivity contribution < 1.29 is 14.1 Å². The number of amides is 1. The SMILES string of the molecule is NCCCCCC(=O)Nc1ccc(F)c([N+](=O)[O-])c1. The van der Waals surface area contributed by atoms with E-state index >= 15 is 0 Å². The molecule has 0 saturated heterocycles. The van der Waals surface area contributed by atoms with Crippen LogP contribution >= 0.6 is 0 Å². The zero-order valence-electron chi connectivity index (χ0n) is 10.4. The van der Waals surface area contributed by atoms with Crippen molar-refractivity contribution in [3.8, 4) is 0 Å². The Bertz CT molecular complexity index is 466. The number of hydrogen-bond donors (Lipinski definition) is 2. The molecule has 0 spiro atoms. The molecule has 0 aromatic heterocycles. The van der Waals surface area contributed by atoms with Crippen molar-refractivity contribution in [1.82, 2.24) is 0 Å². The Labute approximate surface area is 109 Å². The Morgan fingerprint density at radius 3 is 2.74 bits per heavy atom. The van der Waals surface area contributed by atoms with Gasteiger partial charge in [0.2, 0.25) is 11.7 Å². The smallest absolute Gasteiger partial charge is 0.306 e. The van der Waals surface area contributed by atoms with Crippen LogP contribution in [0.25, 0.3) is 0 Å². The largest absolute Gasteiger partial charge is 0.330 e. The summed E-state index contributed by atoms with van der Waals surface area (Å²) in [7, 11) is 0. The number of nitrogens with one attached hydrogen (secondary N) is 1. The minimum Gasteiger partial charge on any atom is -0.330 e. The van der Waals surface area contributed by atoms with E-state index in [9.17, 15) is 19.3 Å². The van der Waals surface area contributed by atoms with Crippen molar-refractivity contribution in [1.29, 1.82) is 0 Å². The summed E-state index contributed by atoms with van der Waals surface area (Å²) in [6, 6.07) is 3.26. The van der Waals surface area contributed by atoms with Crippen LogP contribution in [-0.2, 0) is 4.79 Å². The predicted octanol–water partition coefficient (Wildman–Crippen LogP) is 2.19. The molecule has 3 N–H and O–H groups in total. The first-order valence-electron chi connectivity index (χ1n) is 5.98. The molecule has 1 rings (SSSR count). The van der Waals surface area contributed by atoms with Gasteiger partial charge in [0.1, 0.15) is 0 Å². The molecule has 19 heavy (non-hydrogen) atoms. The Hall–Kier alpha value is -2.02. The number of nitrogens with two attached hydrogens (primary N) is 1. The lowest BCUT2D eigenvalue weighted by atomic mass is 10.2. The fourth-order valence-electron chi connectivity index (χ4n) is 1.56. The van der Waals surface area contributed by atoms with Crippen LogP contribution in [0.1, 0.15) is 25.7 Å². The molecule has 7 heteroatoms. The molecular formula is C12H16FN3O3. The first-order valence-corrected chi connectivity index (χ1v) is 5.98. The Kier molecular flexibility index (Phi) is 5.87. The summed E-state index contributed by atoms with van der Waals surface area (Å²) in [6.45, 7) is 0.589. The monoisotopic (exact) mass is 269 g/mol. The Balaban J connectivity index is 2.55. The highest BCUT2D eigenvalue weighted by Crippen LogP contribution is 2.21. The quantitative estimate of drug-likeness (QED) is 0.450. The van der Waals surface area contributed by atoms with Crippen molar-refractivity contribution in [2.75, 3.05) is 11.9 Å². The van der Waals surface area contributed by atoms with Gasteiger partial charge in [0.25, 0.3) is 0 Å². The molecular weight excluding hydrogens is 253 g/mol. The maximum absolute atomic E-state index is 13.1. The van der Waals surface area contributed by atoms with Gasteiger partial charge in [0, 0.05) is 18.2 Å². The zero-order chi connectivity index (χ0) is 14.3. The van der Waals surface area contributed by atoms with Crippen LogP contribution < -0.4 is 11.1 Å². The van der Waals surface area contributed by atoms with Gasteiger partial charge in [-0.1, -0.05) is 6.42 Å². The summed E-state index contributed by atoms with van der Waals surface area (Å²) in [4.78, 5) is 21.3. The van der Waals surface area contributed by atoms with Gasteiger partial charge in [-0.15, -0.1) is 0 Å². The number of nitro benzene ring substituents is 1. The topological polar surface area (TPSA) is 98.3 Å². The Morgan fingerprint density at radius 2 is 2.11 bits per heavy atom. The second-order valence-corrected chi connectivity index (χ2v) is 4.07. The van der Waals surface area contributed by atoms with Gasteiger partial charge in [-0.3, -0.25) is 14.9 Å². The van der Waals surface area contributed by atoms with Crippen LogP contribution in [0.15, 0.2) is 18.2 Å². The van der Waals surface area contributed by atoms with Gasteiger partial charge in [-0.2, -0.15) is 4.39 Å². The summed E-state index contributed by atoms with van der Waals surface area (Å²) >= 11 is 0. The molecule has 0 fully saturated rings. The van der Waals surface area contributed by atoms with E-state index in [1.165, 1.54) is 6.07 Å². The molecule has 0 aliphatic heterocycles. The number of nitro groups is 1. The van der Waals surface area contributed by atoms with E-state index in [-0.39, 0.29) is 11.6 Å². The van der Waals surface area contributed by atoms with Crippen molar-refractivity contribution >= 4 is 17.3 Å². The number of unbranched alkanes of at least 4 members (excludes halogenated alkanes) is 2. The molecule has 1 aromatic carbocycles. The number of halogens is 1. The standard InChI is InChI=1S/C12H16FN3O3/c13-10-6-5-9(8-11(10)16(18)19)15-12(17)4-2-1-3-7-14/h5-6,8H,1-4,7,14H2,(H,15,17). The van der Waals surface area contributed by atoms with Crippen LogP contribution in [0.2, 0.25) is 0 Å². The van der Waals surface area contributed by atoms with Gasteiger partial charge in [-0.25, -0.2) is 0 Å². The lowest BCUT2D eigenvalue weighted by Crippen LogP contribution is -2.11. The van der Waals surface area contributed by atoms with Gasteiger partial charge < -0.3 is 11.1 Å². The predicted molar refractivity (Wildman–Crippen MR) is 69.2 cm³/mol. The number of anilines is 1. The summed E-state index contributed by atoms with van der Waals surface area (Å²) in [5, 5.41) is 13.0. The van der Waals surface area contributed by atoms with Gasteiger partial charge in [0.05, 0.1) is 4.92 Å². The van der Waals surface area contributed by atoms with Crippen molar-refractivity contribution in [2.45, 2.75) is 25.7 Å². The van der Waals surface area contributed by atoms with Crippen molar-refractivity contribution in [3.63, 3.8) is 0 Å². The highest BCUT2D eigenvalue weighted by Gasteiger charge is 2.15. The second kappa shape index (κ2) is 7.42. The summed E-state index contributed by atoms with van der Waals surface area (Å²) < 4.78 is 13.1. The molecule has 0 heterocycles. The van der Waals surface area contributed by atoms with E-state index in [0.29, 0.717) is 19.4 Å². The molecule has 1 aromatic rings. The number of benzene rings is 1. The fraction of sp³-hybridized carbons (Fsp3) is 0.417. The van der Waals surface area contributed by atoms with Gasteiger partial charge in [0.15, 0.2) is 0 Å². The molecule has 0 aliphatic carbocycles. The summed E-state index contributed by atoms with van der Waals surface area (Å²) in [5.41, 5.74) is 4.90. The van der Waals surface area contributed by atoms with E-state index in [0.717, 1.165) is 25.0 Å². The minimum atomic E-state index is -0.925. The number of rotatable bonds is 7. The molecule has 0 saturated carbocycles. The zero-order valence-corrected chi connectivity index (χ0v) is 10.4. The van der Waals surface area contributed by atoms with Crippen molar-refractivity contribution in [2.24, 2.45) is 5.73 Å². The third kappa shape index (κ3) is 5.01. The lowest BCUT2D eigenvalue weighted by molar-refractivity contribution is -0.387. The van der Waals surface area contributed by atoms with Gasteiger partial charge >= 0.3 is 5.69 Å². The molecule has 0 aliphatic rings. The van der Waals surface area contributed by atoms with Crippen molar-refractivity contribution in [3.05, 3.63) is 34.1 Å². The highest BCUT2D eigenvalue weighted by atomic mass is 19.1. The van der Waals surface area contributed by atoms with Crippen LogP contribution in [0.5, 0.6) is 0 Å². The third-order valence-electron chi connectivity index (χ3n) is 2.53. The molecule has 1 amide bonds. The maximum Gasteiger partial charge on any atom is 0.306 e. The van der Waals surface area contributed by atoms with Crippen LogP contribution in [0.3, 0.4) is 0 Å². The third-order valence-corrected chi connectivity index (χ3v) is 2.53. The summed E-state index contributed by atoms with van der Waals surface area (Å²) in [6.07, 6.45) is 2.72. The molecule has 0 radical (unpaired) electrons. The average molecular weight is 269 g/mol. The lowest BCUT2D eigenvalue weighted by Gasteiger charge is -2.05. The van der Waals surface area contributed by atoms with Crippen LogP contribution in [0.4, 0.5) is 15.8 Å². The number of nitrogens with zero attached hydrogens (tertiary/aromatic N) is 1. The first-order chi connectivity index (χ1) is 9.04. The molecule has 104 valence electrons. The second-order valence-electron chi connectivity index (χ2n) is 4.07. The van der Waals surface area contributed by atoms with Crippen LogP contribution in [-0.4, -0.2) is 17.4 Å². The number of carbonyl (C=O) groups is 1. The molecule has 6 nitrogen and oxygen atoms in total. The molecule has 0 bridgehead atoms. The maximum atomic E-state index is 13.1. The first kappa shape index (κ1) is 15.0. The fourth-order valence-corrected chi connectivity index (χ4v) is 1.56. The van der Waals surface area contributed by atoms with E-state index in [1.807, 2.05) is 0 Å². The normalized spacial score (nSPS) is 10.2. The van der Waals surface area contributed by atoms with E-state index < -0.39 is 16.4 Å².